The lowest BCUT2D eigenvalue weighted by Gasteiger charge is -2.47. The Hall–Kier alpha value is -4.84. The molecule has 76 heavy (non-hydrogen) atoms. The number of fused-ring (bicyclic) bond motifs is 9. The van der Waals surface area contributed by atoms with Crippen LogP contribution < -0.4 is 30.7 Å². The molecular weight excluding hydrogens is 952 g/mol. The van der Waals surface area contributed by atoms with E-state index in [0.29, 0.717) is 0 Å². The van der Waals surface area contributed by atoms with Crippen LogP contribution >= 0.6 is 11.3 Å². The van der Waals surface area contributed by atoms with Gasteiger partial charge in [0.25, 0.3) is 6.71 Å². The van der Waals surface area contributed by atoms with Crippen molar-refractivity contribution in [1.29, 1.82) is 0 Å². The van der Waals surface area contributed by atoms with Crippen molar-refractivity contribution in [3.8, 4) is 11.1 Å². The Kier molecular flexibility index (Phi) is 11.3. The van der Waals surface area contributed by atoms with Gasteiger partial charge in [0.05, 0.1) is 13.8 Å². The van der Waals surface area contributed by atoms with Crippen LogP contribution in [0.2, 0.25) is 19.6 Å². The van der Waals surface area contributed by atoms with E-state index in [1.807, 2.05) is 0 Å². The monoisotopic (exact) mass is 1040 g/mol. The number of thiophene rings is 1. The van der Waals surface area contributed by atoms with Crippen LogP contribution in [-0.2, 0) is 44.4 Å². The maximum atomic E-state index is 2.82. The number of hydrogen-bond acceptors (Lipinski definition) is 3. The summed E-state index contributed by atoms with van der Waals surface area (Å²) in [6.07, 6.45) is 7.17. The highest BCUT2D eigenvalue weighted by atomic mass is 32.1. The average molecular weight is 1040 g/mol. The van der Waals surface area contributed by atoms with E-state index >= 15 is 0 Å². The second-order valence-corrected chi connectivity index (χ2v) is 36.9. The fraction of sp³-hybridized carbons (Fsp3) is 0.465. The Bertz CT molecular complexity index is 3560. The van der Waals surface area contributed by atoms with E-state index in [4.69, 9.17) is 0 Å². The summed E-state index contributed by atoms with van der Waals surface area (Å²) in [4.78, 5) is 5.57. The first-order chi connectivity index (χ1) is 35.3. The predicted molar refractivity (Wildman–Crippen MR) is 338 cm³/mol. The summed E-state index contributed by atoms with van der Waals surface area (Å²) in [7, 11) is -1.50. The third kappa shape index (κ3) is 8.02. The van der Waals surface area contributed by atoms with Gasteiger partial charge in [-0.1, -0.05) is 183 Å². The fourth-order valence-corrected chi connectivity index (χ4v) is 17.3. The zero-order valence-electron chi connectivity index (χ0n) is 50.1. The van der Waals surface area contributed by atoms with Crippen molar-refractivity contribution in [2.75, 3.05) is 9.80 Å². The highest BCUT2D eigenvalue weighted by Gasteiger charge is 2.49. The van der Waals surface area contributed by atoms with Gasteiger partial charge in [-0.3, -0.25) is 0 Å². The Morgan fingerprint density at radius 2 is 1.07 bits per heavy atom. The van der Waals surface area contributed by atoms with E-state index < -0.39 is 8.07 Å². The van der Waals surface area contributed by atoms with E-state index in [1.54, 1.807) is 11.1 Å². The third-order valence-electron chi connectivity index (χ3n) is 20.3. The number of aryl methyl sites for hydroxylation is 1. The third-order valence-corrected chi connectivity index (χ3v) is 23.6. The molecule has 0 atom stereocenters. The summed E-state index contributed by atoms with van der Waals surface area (Å²) in [6, 6.07) is 40.8. The van der Waals surface area contributed by atoms with Crippen molar-refractivity contribution in [2.24, 2.45) is 0 Å². The Balaban J connectivity index is 1.18. The fourth-order valence-electron chi connectivity index (χ4n) is 14.8. The van der Waals surface area contributed by atoms with Crippen LogP contribution in [0.3, 0.4) is 0 Å². The molecule has 5 aliphatic rings. The van der Waals surface area contributed by atoms with E-state index in [0.717, 1.165) is 6.54 Å². The molecule has 3 aliphatic carbocycles. The zero-order valence-corrected chi connectivity index (χ0v) is 51.9. The number of hydrogen-bond donors (Lipinski definition) is 0. The minimum absolute atomic E-state index is 0.0113. The smallest absolute Gasteiger partial charge is 0.264 e. The average Bonchev–Trinajstić information content (AvgIpc) is 3.85. The molecule has 0 saturated heterocycles. The number of anilines is 5. The Morgan fingerprint density at radius 1 is 0.539 bits per heavy atom. The number of nitrogens with zero attached hydrogens (tertiary/aromatic N) is 2. The van der Waals surface area contributed by atoms with Gasteiger partial charge in [0.15, 0.2) is 0 Å². The standard InChI is InChI=1S/C71H87BN2SSi/c1-43-34-59-62-60(35-43)74(47-24-27-51-52(37-47)67(7,8)29-28-66(51,5)6)58-40-55-54(69(11,12)31-32-70(55,13)14)39-57(58)72(62)64-63(50-38-53-56(41-61(50)75-64)71(15,16)33-30-68(53,9)10)73(59)42-45-20-23-46(65(2,3)4)36-49(45)44-21-25-48(26-22-44)76(17,18)19/h20-27,34-41H,28-33,42H2,1-19H3. The van der Waals surface area contributed by atoms with Crippen LogP contribution in [0.5, 0.6) is 0 Å². The summed E-state index contributed by atoms with van der Waals surface area (Å²) >= 11 is 2.10. The largest absolute Gasteiger partial charge is 0.337 e. The van der Waals surface area contributed by atoms with Crippen molar-refractivity contribution in [1.82, 2.24) is 0 Å². The molecule has 394 valence electrons. The van der Waals surface area contributed by atoms with Crippen molar-refractivity contribution in [3.05, 3.63) is 147 Å². The molecule has 2 nitrogen and oxygen atoms in total. The summed E-state index contributed by atoms with van der Waals surface area (Å²) in [5.41, 5.74) is 26.1. The minimum Gasteiger partial charge on any atom is -0.337 e. The van der Waals surface area contributed by atoms with E-state index in [2.05, 4.69) is 249 Å². The summed E-state index contributed by atoms with van der Waals surface area (Å²) in [5.74, 6) is 0. The van der Waals surface area contributed by atoms with Gasteiger partial charge < -0.3 is 9.80 Å². The maximum Gasteiger partial charge on any atom is 0.264 e. The predicted octanol–water partition coefficient (Wildman–Crippen LogP) is 17.7. The first kappa shape index (κ1) is 51.9. The Morgan fingerprint density at radius 3 is 1.64 bits per heavy atom. The molecule has 12 rings (SSSR count). The van der Waals surface area contributed by atoms with Crippen LogP contribution in [0.25, 0.3) is 21.2 Å². The van der Waals surface area contributed by atoms with Gasteiger partial charge in [-0.2, -0.15) is 0 Å². The molecule has 0 bridgehead atoms. The second kappa shape index (κ2) is 16.6. The minimum atomic E-state index is -1.50. The number of rotatable bonds is 5. The van der Waals surface area contributed by atoms with Crippen LogP contribution in [0.15, 0.2) is 97.1 Å². The van der Waals surface area contributed by atoms with Crippen LogP contribution in [0, 0.1) is 6.92 Å². The van der Waals surface area contributed by atoms with Gasteiger partial charge in [-0.05, 0) is 198 Å². The van der Waals surface area contributed by atoms with Gasteiger partial charge in [0.1, 0.15) is 0 Å². The van der Waals surface area contributed by atoms with Gasteiger partial charge >= 0.3 is 0 Å². The van der Waals surface area contributed by atoms with Crippen LogP contribution in [0.1, 0.15) is 192 Å². The second-order valence-electron chi connectivity index (χ2n) is 30.7. The molecule has 0 N–H and O–H groups in total. The number of benzene rings is 6. The molecule has 6 aromatic carbocycles. The highest BCUT2D eigenvalue weighted by molar-refractivity contribution is 7.33. The first-order valence-corrected chi connectivity index (χ1v) is 33.5. The molecule has 0 fully saturated rings. The molecule has 5 heteroatoms. The van der Waals surface area contributed by atoms with Crippen molar-refractivity contribution < 1.29 is 0 Å². The lowest BCUT2D eigenvalue weighted by molar-refractivity contribution is 0.332. The molecular formula is C71H87BN2SSi. The Labute approximate surface area is 464 Å². The van der Waals surface area contributed by atoms with E-state index in [-0.39, 0.29) is 44.6 Å². The van der Waals surface area contributed by atoms with Gasteiger partial charge in [0.2, 0.25) is 0 Å². The molecule has 0 unspecified atom stereocenters. The first-order valence-electron chi connectivity index (χ1n) is 29.2. The molecule has 2 aliphatic heterocycles. The van der Waals surface area contributed by atoms with E-state index in [1.165, 1.54) is 148 Å². The molecule has 0 spiro atoms. The molecule has 3 heterocycles. The molecule has 7 aromatic rings. The topological polar surface area (TPSA) is 6.48 Å². The van der Waals surface area contributed by atoms with Gasteiger partial charge in [-0.15, -0.1) is 11.3 Å². The highest BCUT2D eigenvalue weighted by Crippen LogP contribution is 2.55. The molecule has 1 aromatic heterocycles. The van der Waals surface area contributed by atoms with Crippen LogP contribution in [-0.4, -0.2) is 14.8 Å². The van der Waals surface area contributed by atoms with Gasteiger partial charge in [-0.25, -0.2) is 0 Å². The SMILES string of the molecule is Cc1cc2c3c(c1)N(c1ccc4c(c1)C(C)(C)CCC4(C)C)c1cc4c(cc1B3c1sc3cc5c(cc3c1N2Cc1ccc(C(C)(C)C)cc1-c1ccc([Si](C)(C)C)cc1)C(C)(C)CCC5(C)C)C(C)(C)CCC4(C)C. The molecule has 0 radical (unpaired) electrons. The summed E-state index contributed by atoms with van der Waals surface area (Å²) in [5, 5.41) is 2.93. The lowest BCUT2D eigenvalue weighted by Crippen LogP contribution is -2.61. The van der Waals surface area contributed by atoms with Crippen LogP contribution in [0.4, 0.5) is 28.4 Å². The molecule has 0 amide bonds. The van der Waals surface area contributed by atoms with Crippen molar-refractivity contribution >= 4 is 85.5 Å². The van der Waals surface area contributed by atoms with Crippen molar-refractivity contribution in [3.63, 3.8) is 0 Å². The maximum absolute atomic E-state index is 2.82. The summed E-state index contributed by atoms with van der Waals surface area (Å²) < 4.78 is 2.93. The quantitative estimate of drug-likeness (QED) is 0.159. The summed E-state index contributed by atoms with van der Waals surface area (Å²) in [6.45, 7) is 47.7. The normalized spacial score (nSPS) is 20.1. The van der Waals surface area contributed by atoms with Crippen molar-refractivity contribution in [2.45, 2.75) is 213 Å². The van der Waals surface area contributed by atoms with E-state index in [9.17, 15) is 0 Å². The lowest BCUT2D eigenvalue weighted by atomic mass is 9.35. The zero-order chi connectivity index (χ0) is 54.4. The molecule has 0 saturated carbocycles. The van der Waals surface area contributed by atoms with Gasteiger partial charge in [0, 0.05) is 44.2 Å².